The molecule has 2 amide bonds. The van der Waals surface area contributed by atoms with Crippen molar-refractivity contribution >= 4 is 23.2 Å². The van der Waals surface area contributed by atoms with E-state index in [0.29, 0.717) is 41.6 Å². The van der Waals surface area contributed by atoms with Crippen LogP contribution < -0.4 is 19.7 Å². The molecule has 1 aliphatic rings. The van der Waals surface area contributed by atoms with Crippen LogP contribution >= 0.6 is 0 Å². The molecule has 0 aromatic heterocycles. The summed E-state index contributed by atoms with van der Waals surface area (Å²) in [7, 11) is 0. The van der Waals surface area contributed by atoms with Gasteiger partial charge in [0.15, 0.2) is 6.61 Å². The van der Waals surface area contributed by atoms with E-state index in [1.54, 1.807) is 47.4 Å². The Morgan fingerprint density at radius 1 is 1.33 bits per heavy atom. The van der Waals surface area contributed by atoms with Crippen LogP contribution in [-0.2, 0) is 4.79 Å². The van der Waals surface area contributed by atoms with Crippen molar-refractivity contribution in [3.8, 4) is 11.5 Å². The zero-order valence-corrected chi connectivity index (χ0v) is 15.2. The van der Waals surface area contributed by atoms with Crippen LogP contribution in [0.2, 0.25) is 0 Å². The number of amides is 2. The molecule has 0 fully saturated rings. The number of benzene rings is 2. The molecule has 1 aliphatic heterocycles. The van der Waals surface area contributed by atoms with Crippen molar-refractivity contribution in [2.45, 2.75) is 13.3 Å². The van der Waals surface area contributed by atoms with Gasteiger partial charge in [0.2, 0.25) is 0 Å². The van der Waals surface area contributed by atoms with Crippen molar-refractivity contribution < 1.29 is 19.1 Å². The number of hydrogen-bond donors (Lipinski definition) is 1. The van der Waals surface area contributed by atoms with E-state index in [-0.39, 0.29) is 18.4 Å². The number of rotatable bonds is 7. The number of fused-ring (bicyclic) bond motifs is 1. The second-order valence-corrected chi connectivity index (χ2v) is 6.06. The van der Waals surface area contributed by atoms with E-state index in [1.807, 2.05) is 13.0 Å². The van der Waals surface area contributed by atoms with Crippen molar-refractivity contribution in [1.82, 2.24) is 0 Å². The number of ether oxygens (including phenoxy) is 2. The topological polar surface area (TPSA) is 67.9 Å². The predicted octanol–water partition coefficient (Wildman–Crippen LogP) is 3.64. The third-order valence-corrected chi connectivity index (χ3v) is 4.06. The van der Waals surface area contributed by atoms with Crippen molar-refractivity contribution in [2.24, 2.45) is 0 Å². The minimum Gasteiger partial charge on any atom is -0.493 e. The molecular formula is C21H22N2O4. The van der Waals surface area contributed by atoms with E-state index < -0.39 is 0 Å². The molecule has 0 aliphatic carbocycles. The smallest absolute Gasteiger partial charge is 0.265 e. The molecule has 0 radical (unpaired) electrons. The highest BCUT2D eigenvalue weighted by atomic mass is 16.5. The Labute approximate surface area is 158 Å². The van der Waals surface area contributed by atoms with Crippen molar-refractivity contribution in [2.75, 3.05) is 30.0 Å². The maximum absolute atomic E-state index is 12.7. The number of hydrogen-bond acceptors (Lipinski definition) is 4. The lowest BCUT2D eigenvalue weighted by Crippen LogP contribution is -2.38. The number of carbonyl (C=O) groups excluding carboxylic acids is 2. The summed E-state index contributed by atoms with van der Waals surface area (Å²) in [6.07, 6.45) is 2.51. The molecule has 3 rings (SSSR count). The van der Waals surface area contributed by atoms with Crippen molar-refractivity contribution in [1.29, 1.82) is 0 Å². The normalized spacial score (nSPS) is 12.8. The molecule has 1 heterocycles. The predicted molar refractivity (Wildman–Crippen MR) is 105 cm³/mol. The molecule has 0 spiro atoms. The number of nitrogens with zero attached hydrogens (tertiary/aromatic N) is 1. The van der Waals surface area contributed by atoms with Gasteiger partial charge in [0.1, 0.15) is 11.5 Å². The van der Waals surface area contributed by atoms with Crippen LogP contribution in [0.25, 0.3) is 0 Å². The minimum atomic E-state index is -0.278. The Hall–Kier alpha value is -3.28. The summed E-state index contributed by atoms with van der Waals surface area (Å²) in [5, 5.41) is 2.86. The lowest BCUT2D eigenvalue weighted by molar-refractivity contribution is -0.121. The summed E-state index contributed by atoms with van der Waals surface area (Å²) in [4.78, 5) is 26.4. The quantitative estimate of drug-likeness (QED) is 0.760. The molecule has 27 heavy (non-hydrogen) atoms. The van der Waals surface area contributed by atoms with Gasteiger partial charge in [0.05, 0.1) is 17.9 Å². The summed E-state index contributed by atoms with van der Waals surface area (Å²) < 4.78 is 11.1. The van der Waals surface area contributed by atoms with E-state index in [4.69, 9.17) is 9.47 Å². The van der Waals surface area contributed by atoms with E-state index in [0.717, 1.165) is 6.42 Å². The Kier molecular flexibility index (Phi) is 5.76. The summed E-state index contributed by atoms with van der Waals surface area (Å²) >= 11 is 0. The fraction of sp³-hybridized carbons (Fsp3) is 0.238. The number of nitrogens with one attached hydrogen (secondary N) is 1. The van der Waals surface area contributed by atoms with E-state index in [9.17, 15) is 9.59 Å². The van der Waals surface area contributed by atoms with Gasteiger partial charge in [-0.15, -0.1) is 6.58 Å². The van der Waals surface area contributed by atoms with Crippen molar-refractivity contribution in [3.05, 3.63) is 60.7 Å². The first-order valence-electron chi connectivity index (χ1n) is 8.85. The summed E-state index contributed by atoms with van der Waals surface area (Å²) in [6.45, 7) is 6.61. The van der Waals surface area contributed by atoms with Gasteiger partial charge in [0, 0.05) is 12.2 Å². The SMILES string of the molecule is C=CCN1C(=O)COc2ccc(NC(=O)c3ccccc3OCCC)cc21. The molecular weight excluding hydrogens is 344 g/mol. The molecule has 6 nitrogen and oxygen atoms in total. The molecule has 0 bridgehead atoms. The third kappa shape index (κ3) is 4.11. The van der Waals surface area contributed by atoms with Gasteiger partial charge in [-0.25, -0.2) is 0 Å². The Balaban J connectivity index is 1.84. The van der Waals surface area contributed by atoms with Crippen LogP contribution in [0.5, 0.6) is 11.5 Å². The highest BCUT2D eigenvalue weighted by Gasteiger charge is 2.25. The van der Waals surface area contributed by atoms with E-state index >= 15 is 0 Å². The minimum absolute atomic E-state index is 0.00527. The molecule has 0 saturated carbocycles. The maximum atomic E-state index is 12.7. The average Bonchev–Trinajstić information content (AvgIpc) is 2.69. The lowest BCUT2D eigenvalue weighted by Gasteiger charge is -2.28. The molecule has 2 aromatic carbocycles. The standard InChI is InChI=1S/C21H22N2O4/c1-3-11-23-17-13-15(9-10-19(17)27-14-20(23)24)22-21(25)16-7-5-6-8-18(16)26-12-4-2/h3,5-10,13H,1,4,11-12,14H2,2H3,(H,22,25). The number of carbonyl (C=O) groups is 2. The van der Waals surface area contributed by atoms with Gasteiger partial charge in [-0.3, -0.25) is 9.59 Å². The first kappa shape index (κ1) is 18.5. The molecule has 140 valence electrons. The van der Waals surface area contributed by atoms with Crippen LogP contribution in [0, 0.1) is 0 Å². The lowest BCUT2D eigenvalue weighted by atomic mass is 10.1. The van der Waals surface area contributed by atoms with Crippen LogP contribution in [0.1, 0.15) is 23.7 Å². The molecule has 2 aromatic rings. The van der Waals surface area contributed by atoms with Crippen molar-refractivity contribution in [3.63, 3.8) is 0 Å². The summed E-state index contributed by atoms with van der Waals surface area (Å²) in [5.74, 6) is 0.715. The third-order valence-electron chi connectivity index (χ3n) is 4.06. The molecule has 0 saturated heterocycles. The van der Waals surface area contributed by atoms with Gasteiger partial charge < -0.3 is 19.7 Å². The van der Waals surface area contributed by atoms with E-state index in [2.05, 4.69) is 11.9 Å². The van der Waals surface area contributed by atoms with Gasteiger partial charge in [0.25, 0.3) is 11.8 Å². The first-order chi connectivity index (χ1) is 13.1. The van der Waals surface area contributed by atoms with Crippen LogP contribution in [0.15, 0.2) is 55.1 Å². The Morgan fingerprint density at radius 3 is 2.93 bits per heavy atom. The fourth-order valence-corrected chi connectivity index (χ4v) is 2.80. The van der Waals surface area contributed by atoms with Gasteiger partial charge in [-0.05, 0) is 36.8 Å². The Morgan fingerprint density at radius 2 is 2.15 bits per heavy atom. The number of para-hydroxylation sites is 1. The second-order valence-electron chi connectivity index (χ2n) is 6.06. The zero-order chi connectivity index (χ0) is 19.2. The first-order valence-corrected chi connectivity index (χ1v) is 8.85. The molecule has 6 heteroatoms. The zero-order valence-electron chi connectivity index (χ0n) is 15.2. The molecule has 1 N–H and O–H groups in total. The fourth-order valence-electron chi connectivity index (χ4n) is 2.80. The van der Waals surface area contributed by atoms with Gasteiger partial charge >= 0.3 is 0 Å². The molecule has 0 atom stereocenters. The van der Waals surface area contributed by atoms with Gasteiger partial charge in [-0.2, -0.15) is 0 Å². The monoisotopic (exact) mass is 366 g/mol. The van der Waals surface area contributed by atoms with E-state index in [1.165, 1.54) is 0 Å². The highest BCUT2D eigenvalue weighted by molar-refractivity contribution is 6.07. The average molecular weight is 366 g/mol. The van der Waals surface area contributed by atoms with Crippen LogP contribution in [0.3, 0.4) is 0 Å². The summed E-state index contributed by atoms with van der Waals surface area (Å²) in [6, 6.07) is 12.3. The highest BCUT2D eigenvalue weighted by Crippen LogP contribution is 2.34. The molecule has 0 unspecified atom stereocenters. The van der Waals surface area contributed by atoms with Gasteiger partial charge in [-0.1, -0.05) is 25.1 Å². The largest absolute Gasteiger partial charge is 0.493 e. The number of anilines is 2. The van der Waals surface area contributed by atoms with Crippen LogP contribution in [0.4, 0.5) is 11.4 Å². The summed E-state index contributed by atoms with van der Waals surface area (Å²) in [5.41, 5.74) is 1.63. The van der Waals surface area contributed by atoms with Crippen LogP contribution in [-0.4, -0.2) is 31.6 Å². The second kappa shape index (κ2) is 8.40. The maximum Gasteiger partial charge on any atom is 0.265 e. The Bertz CT molecular complexity index is 863.